The van der Waals surface area contributed by atoms with Crippen LogP contribution in [0.4, 0.5) is 17.5 Å². The predicted octanol–water partition coefficient (Wildman–Crippen LogP) is 1.23. The van der Waals surface area contributed by atoms with Crippen LogP contribution in [0.15, 0.2) is 30.5 Å². The van der Waals surface area contributed by atoms with Gasteiger partial charge in [-0.3, -0.25) is 4.79 Å². The highest BCUT2D eigenvalue weighted by Gasteiger charge is 2.24. The lowest BCUT2D eigenvalue weighted by molar-refractivity contribution is 0.100. The molecule has 9 nitrogen and oxygen atoms in total. The highest BCUT2D eigenvalue weighted by molar-refractivity contribution is 7.86. The van der Waals surface area contributed by atoms with Gasteiger partial charge in [-0.15, -0.1) is 0 Å². The van der Waals surface area contributed by atoms with Gasteiger partial charge >= 0.3 is 10.1 Å². The third-order valence-electron chi connectivity index (χ3n) is 3.31. The summed E-state index contributed by atoms with van der Waals surface area (Å²) in [7, 11) is -3.62. The Balaban J connectivity index is 1.82. The van der Waals surface area contributed by atoms with Crippen LogP contribution in [0.5, 0.6) is 5.75 Å². The Hall–Kier alpha value is -2.88. The summed E-state index contributed by atoms with van der Waals surface area (Å²) in [4.78, 5) is 19.8. The SMILES string of the molecule is CS(=O)(=O)Oc1cccc(Nc2ncc(C(N)=O)c(NC3CC3)n2)c1. The Kier molecular flexibility index (Phi) is 4.45. The Bertz CT molecular complexity index is 912. The van der Waals surface area contributed by atoms with E-state index in [0.717, 1.165) is 19.1 Å². The topological polar surface area (TPSA) is 136 Å². The fraction of sp³-hybridized carbons (Fsp3) is 0.267. The molecule has 0 aliphatic heterocycles. The molecule has 10 heteroatoms. The Labute approximate surface area is 144 Å². The summed E-state index contributed by atoms with van der Waals surface area (Å²) in [5, 5.41) is 6.08. The van der Waals surface area contributed by atoms with E-state index in [4.69, 9.17) is 9.92 Å². The highest BCUT2D eigenvalue weighted by Crippen LogP contribution is 2.27. The maximum atomic E-state index is 11.5. The van der Waals surface area contributed by atoms with E-state index in [2.05, 4.69) is 20.6 Å². The van der Waals surface area contributed by atoms with Gasteiger partial charge in [-0.05, 0) is 25.0 Å². The molecular formula is C15H17N5O4S. The fourth-order valence-corrected chi connectivity index (χ4v) is 2.54. The summed E-state index contributed by atoms with van der Waals surface area (Å²) >= 11 is 0. The molecule has 1 aromatic carbocycles. The minimum Gasteiger partial charge on any atom is -0.383 e. The second kappa shape index (κ2) is 6.55. The van der Waals surface area contributed by atoms with Crippen LogP contribution in [-0.4, -0.2) is 36.6 Å². The number of hydrogen-bond donors (Lipinski definition) is 3. The van der Waals surface area contributed by atoms with Crippen LogP contribution in [0.1, 0.15) is 23.2 Å². The molecule has 1 amide bonds. The number of carbonyl (C=O) groups is 1. The maximum Gasteiger partial charge on any atom is 0.306 e. The molecule has 4 N–H and O–H groups in total. The van der Waals surface area contributed by atoms with Crippen molar-refractivity contribution in [2.24, 2.45) is 5.73 Å². The number of carbonyl (C=O) groups excluding carboxylic acids is 1. The molecule has 3 rings (SSSR count). The summed E-state index contributed by atoms with van der Waals surface area (Å²) in [5.41, 5.74) is 6.09. The Morgan fingerprint density at radius 3 is 2.76 bits per heavy atom. The van der Waals surface area contributed by atoms with Crippen LogP contribution in [0.25, 0.3) is 0 Å². The molecule has 1 saturated carbocycles. The monoisotopic (exact) mass is 363 g/mol. The first-order chi connectivity index (χ1) is 11.8. The third kappa shape index (κ3) is 4.80. The van der Waals surface area contributed by atoms with Gasteiger partial charge in [-0.25, -0.2) is 4.98 Å². The zero-order valence-electron chi connectivity index (χ0n) is 13.4. The molecule has 0 spiro atoms. The number of primary amides is 1. The lowest BCUT2D eigenvalue weighted by Gasteiger charge is -2.11. The van der Waals surface area contributed by atoms with Crippen molar-refractivity contribution < 1.29 is 17.4 Å². The van der Waals surface area contributed by atoms with E-state index in [9.17, 15) is 13.2 Å². The van der Waals surface area contributed by atoms with Crippen LogP contribution in [0.3, 0.4) is 0 Å². The zero-order chi connectivity index (χ0) is 18.0. The number of benzene rings is 1. The van der Waals surface area contributed by atoms with Gasteiger partial charge in [0, 0.05) is 24.0 Å². The van der Waals surface area contributed by atoms with Gasteiger partial charge in [-0.1, -0.05) is 6.07 Å². The fourth-order valence-electron chi connectivity index (χ4n) is 2.08. The van der Waals surface area contributed by atoms with Gasteiger partial charge in [0.25, 0.3) is 5.91 Å². The lowest BCUT2D eigenvalue weighted by atomic mass is 10.3. The van der Waals surface area contributed by atoms with E-state index < -0.39 is 16.0 Å². The molecule has 0 bridgehead atoms. The van der Waals surface area contributed by atoms with Crippen molar-refractivity contribution in [2.45, 2.75) is 18.9 Å². The summed E-state index contributed by atoms with van der Waals surface area (Å²) < 4.78 is 27.2. The summed E-state index contributed by atoms with van der Waals surface area (Å²) in [6.07, 6.45) is 4.33. The maximum absolute atomic E-state index is 11.5. The molecule has 0 unspecified atom stereocenters. The van der Waals surface area contributed by atoms with E-state index in [1.165, 1.54) is 18.3 Å². The van der Waals surface area contributed by atoms with Crippen LogP contribution < -0.4 is 20.6 Å². The van der Waals surface area contributed by atoms with Crippen molar-refractivity contribution in [1.82, 2.24) is 9.97 Å². The van der Waals surface area contributed by atoms with Crippen molar-refractivity contribution in [2.75, 3.05) is 16.9 Å². The van der Waals surface area contributed by atoms with Crippen molar-refractivity contribution in [3.05, 3.63) is 36.0 Å². The first-order valence-corrected chi connectivity index (χ1v) is 9.32. The standard InChI is InChI=1S/C15H17N5O4S/c1-25(22,23)24-11-4-2-3-10(7-11)19-15-17-8-12(13(16)21)14(20-15)18-9-5-6-9/h2-4,7-9H,5-6H2,1H3,(H2,16,21)(H2,17,18,19,20). The number of anilines is 3. The van der Waals surface area contributed by atoms with Crippen molar-refractivity contribution in [3.63, 3.8) is 0 Å². The van der Waals surface area contributed by atoms with Gasteiger partial charge in [0.2, 0.25) is 5.95 Å². The second-order valence-corrected chi connectivity index (χ2v) is 7.25. The van der Waals surface area contributed by atoms with E-state index in [-0.39, 0.29) is 23.3 Å². The van der Waals surface area contributed by atoms with Gasteiger partial charge in [-0.2, -0.15) is 13.4 Å². The number of rotatable bonds is 7. The Morgan fingerprint density at radius 2 is 2.12 bits per heavy atom. The first kappa shape index (κ1) is 17.0. The zero-order valence-corrected chi connectivity index (χ0v) is 14.2. The minimum absolute atomic E-state index is 0.164. The van der Waals surface area contributed by atoms with Gasteiger partial charge < -0.3 is 20.6 Å². The molecule has 0 atom stereocenters. The van der Waals surface area contributed by atoms with E-state index in [1.807, 2.05) is 0 Å². The van der Waals surface area contributed by atoms with Crippen LogP contribution in [0.2, 0.25) is 0 Å². The molecule has 1 fully saturated rings. The van der Waals surface area contributed by atoms with Gasteiger partial charge in [0.15, 0.2) is 0 Å². The molecule has 2 aromatic rings. The number of nitrogens with two attached hydrogens (primary N) is 1. The second-order valence-electron chi connectivity index (χ2n) is 5.68. The normalized spacial score (nSPS) is 14.0. The predicted molar refractivity (Wildman–Crippen MR) is 92.4 cm³/mol. The number of aromatic nitrogens is 2. The largest absolute Gasteiger partial charge is 0.383 e. The number of hydrogen-bond acceptors (Lipinski definition) is 8. The van der Waals surface area contributed by atoms with Gasteiger partial charge in [0.05, 0.1) is 11.8 Å². The van der Waals surface area contributed by atoms with Crippen LogP contribution >= 0.6 is 0 Å². The highest BCUT2D eigenvalue weighted by atomic mass is 32.2. The van der Waals surface area contributed by atoms with Crippen molar-refractivity contribution in [3.8, 4) is 5.75 Å². The summed E-state index contributed by atoms with van der Waals surface area (Å²) in [6.45, 7) is 0. The third-order valence-corrected chi connectivity index (χ3v) is 3.81. The number of nitrogens with one attached hydrogen (secondary N) is 2. The van der Waals surface area contributed by atoms with E-state index in [1.54, 1.807) is 12.1 Å². The molecule has 1 aliphatic carbocycles. The molecule has 1 aliphatic rings. The van der Waals surface area contributed by atoms with E-state index in [0.29, 0.717) is 11.5 Å². The molecular weight excluding hydrogens is 346 g/mol. The molecule has 1 aromatic heterocycles. The minimum atomic E-state index is -3.62. The van der Waals surface area contributed by atoms with Crippen LogP contribution in [0, 0.1) is 0 Å². The average molecular weight is 363 g/mol. The quantitative estimate of drug-likeness (QED) is 0.625. The lowest BCUT2D eigenvalue weighted by Crippen LogP contribution is -2.17. The van der Waals surface area contributed by atoms with E-state index >= 15 is 0 Å². The number of amides is 1. The number of nitrogens with zero attached hydrogens (tertiary/aromatic N) is 2. The summed E-state index contributed by atoms with van der Waals surface area (Å²) in [5.74, 6) is 0.163. The molecule has 132 valence electrons. The Morgan fingerprint density at radius 1 is 1.36 bits per heavy atom. The van der Waals surface area contributed by atoms with Gasteiger partial charge in [0.1, 0.15) is 11.6 Å². The first-order valence-electron chi connectivity index (χ1n) is 7.50. The van der Waals surface area contributed by atoms with Crippen molar-refractivity contribution in [1.29, 1.82) is 0 Å². The molecule has 1 heterocycles. The van der Waals surface area contributed by atoms with Crippen LogP contribution in [-0.2, 0) is 10.1 Å². The molecule has 0 saturated heterocycles. The van der Waals surface area contributed by atoms with Crippen molar-refractivity contribution >= 4 is 33.5 Å². The molecule has 0 radical (unpaired) electrons. The molecule has 25 heavy (non-hydrogen) atoms. The smallest absolute Gasteiger partial charge is 0.306 e. The average Bonchev–Trinajstić information content (AvgIpc) is 3.29. The summed E-state index contributed by atoms with van der Waals surface area (Å²) in [6, 6.07) is 6.63.